The molecule has 198 valence electrons. The number of aromatic nitrogens is 1. The number of likely N-dealkylation sites (tertiary alicyclic amines) is 1. The van der Waals surface area contributed by atoms with Crippen molar-refractivity contribution in [2.45, 2.75) is 89.8 Å². The highest BCUT2D eigenvalue weighted by atomic mass is 16.5. The lowest BCUT2D eigenvalue weighted by atomic mass is 9.83. The molecule has 0 bridgehead atoms. The molecule has 1 unspecified atom stereocenters. The maximum atomic E-state index is 14.7. The molecule has 2 heterocycles. The molecule has 2 aliphatic carbocycles. The van der Waals surface area contributed by atoms with Crippen LogP contribution in [0.15, 0.2) is 12.1 Å². The Morgan fingerprint density at radius 2 is 1.94 bits per heavy atom. The van der Waals surface area contributed by atoms with Gasteiger partial charge in [0.2, 0.25) is 0 Å². The SMILES string of the molecule is CCOC(=O)CN[C@H](CC1CCCCC1)C(=O)[N+]1(Cc2ccc(N)nc2C)CCC[C@@H]2C[C@@]21C(N)=O. The van der Waals surface area contributed by atoms with Gasteiger partial charge in [-0.2, -0.15) is 0 Å². The fourth-order valence-corrected chi connectivity index (χ4v) is 6.92. The number of nitrogens with two attached hydrogens (primary N) is 2. The zero-order valence-electron chi connectivity index (χ0n) is 21.8. The molecular formula is C27H42N5O4+. The van der Waals surface area contributed by atoms with Crippen molar-refractivity contribution in [3.05, 3.63) is 23.4 Å². The molecule has 4 rings (SSSR count). The van der Waals surface area contributed by atoms with Crippen molar-refractivity contribution in [2.24, 2.45) is 17.6 Å². The molecule has 9 heteroatoms. The first-order valence-electron chi connectivity index (χ1n) is 13.6. The summed E-state index contributed by atoms with van der Waals surface area (Å²) in [7, 11) is 0. The first-order chi connectivity index (χ1) is 17.2. The highest BCUT2D eigenvalue weighted by molar-refractivity contribution is 5.91. The molecule has 0 aromatic carbocycles. The number of aryl methyl sites for hydroxylation is 1. The third-order valence-corrected chi connectivity index (χ3v) is 8.82. The number of pyridine rings is 1. The summed E-state index contributed by atoms with van der Waals surface area (Å²) in [6, 6.07) is 3.09. The van der Waals surface area contributed by atoms with E-state index in [0.717, 1.165) is 49.8 Å². The quantitative estimate of drug-likeness (QED) is 0.331. The normalized spacial score (nSPS) is 28.7. The van der Waals surface area contributed by atoms with E-state index >= 15 is 0 Å². The zero-order chi connectivity index (χ0) is 25.9. The highest BCUT2D eigenvalue weighted by Gasteiger charge is 2.76. The molecule has 1 saturated heterocycles. The van der Waals surface area contributed by atoms with Crippen LogP contribution >= 0.6 is 0 Å². The van der Waals surface area contributed by atoms with E-state index in [4.69, 9.17) is 16.2 Å². The molecule has 4 atom stereocenters. The fraction of sp³-hybridized carbons (Fsp3) is 0.704. The number of anilines is 1. The van der Waals surface area contributed by atoms with Crippen molar-refractivity contribution in [3.8, 4) is 0 Å². The van der Waals surface area contributed by atoms with Crippen LogP contribution in [-0.2, 0) is 25.7 Å². The van der Waals surface area contributed by atoms with Gasteiger partial charge in [0.15, 0.2) is 5.54 Å². The van der Waals surface area contributed by atoms with Gasteiger partial charge in [-0.05, 0) is 51.2 Å². The second kappa shape index (κ2) is 10.8. The summed E-state index contributed by atoms with van der Waals surface area (Å²) in [4.78, 5) is 44.4. The molecule has 0 radical (unpaired) electrons. The summed E-state index contributed by atoms with van der Waals surface area (Å²) in [6.45, 7) is 4.80. The third-order valence-electron chi connectivity index (χ3n) is 8.82. The Kier molecular flexibility index (Phi) is 7.99. The van der Waals surface area contributed by atoms with Gasteiger partial charge in [0, 0.05) is 23.6 Å². The number of primary amides is 1. The summed E-state index contributed by atoms with van der Waals surface area (Å²) in [5.74, 6) is 0.122. The molecule has 1 aromatic rings. The molecule has 2 saturated carbocycles. The predicted octanol–water partition coefficient (Wildman–Crippen LogP) is 2.35. The van der Waals surface area contributed by atoms with Crippen LogP contribution in [0.4, 0.5) is 5.82 Å². The van der Waals surface area contributed by atoms with Gasteiger partial charge in [0.25, 0.3) is 5.91 Å². The van der Waals surface area contributed by atoms with Crippen LogP contribution in [0.1, 0.15) is 76.0 Å². The lowest BCUT2D eigenvalue weighted by molar-refractivity contribution is -0.900. The van der Waals surface area contributed by atoms with Crippen LogP contribution < -0.4 is 16.8 Å². The summed E-state index contributed by atoms with van der Waals surface area (Å²) in [5.41, 5.74) is 12.7. The molecule has 3 aliphatic rings. The van der Waals surface area contributed by atoms with Gasteiger partial charge in [-0.15, -0.1) is 0 Å². The van der Waals surface area contributed by atoms with E-state index in [-0.39, 0.29) is 35.4 Å². The van der Waals surface area contributed by atoms with Crippen molar-refractivity contribution < 1.29 is 23.6 Å². The Morgan fingerprint density at radius 1 is 1.19 bits per heavy atom. The number of fused-ring (bicyclic) bond motifs is 1. The fourth-order valence-electron chi connectivity index (χ4n) is 6.92. The van der Waals surface area contributed by atoms with E-state index < -0.39 is 17.5 Å². The molecule has 3 fully saturated rings. The molecule has 36 heavy (non-hydrogen) atoms. The Labute approximate surface area is 213 Å². The van der Waals surface area contributed by atoms with E-state index in [1.807, 2.05) is 13.0 Å². The number of hydrogen-bond acceptors (Lipinski definition) is 7. The van der Waals surface area contributed by atoms with Crippen molar-refractivity contribution in [3.63, 3.8) is 0 Å². The number of carbonyl (C=O) groups is 3. The number of hydrogen-bond donors (Lipinski definition) is 3. The van der Waals surface area contributed by atoms with E-state index in [1.165, 1.54) is 6.42 Å². The van der Waals surface area contributed by atoms with Gasteiger partial charge < -0.3 is 16.2 Å². The summed E-state index contributed by atoms with van der Waals surface area (Å²) in [5, 5.41) is 3.25. The van der Waals surface area contributed by atoms with Crippen LogP contribution in [0.2, 0.25) is 0 Å². The number of nitrogens with one attached hydrogen (secondary N) is 1. The molecule has 1 aliphatic heterocycles. The van der Waals surface area contributed by atoms with Crippen LogP contribution in [-0.4, -0.2) is 58.5 Å². The van der Waals surface area contributed by atoms with E-state index in [0.29, 0.717) is 37.7 Å². The van der Waals surface area contributed by atoms with E-state index in [9.17, 15) is 14.4 Å². The average molecular weight is 501 g/mol. The summed E-state index contributed by atoms with van der Waals surface area (Å²) < 4.78 is 5.12. The van der Waals surface area contributed by atoms with Gasteiger partial charge in [0.1, 0.15) is 18.4 Å². The number of nitrogens with zero attached hydrogens (tertiary/aromatic N) is 2. The number of amides is 2. The second-order valence-corrected chi connectivity index (χ2v) is 11.0. The maximum Gasteiger partial charge on any atom is 0.331 e. The minimum Gasteiger partial charge on any atom is -0.465 e. The van der Waals surface area contributed by atoms with Crippen LogP contribution in [0.25, 0.3) is 0 Å². The first-order valence-corrected chi connectivity index (χ1v) is 13.6. The van der Waals surface area contributed by atoms with Gasteiger partial charge in [-0.3, -0.25) is 14.9 Å². The number of carbonyl (C=O) groups excluding carboxylic acids is 3. The molecule has 2 amide bonds. The monoisotopic (exact) mass is 500 g/mol. The van der Waals surface area contributed by atoms with Crippen LogP contribution in [0.3, 0.4) is 0 Å². The lowest BCUT2D eigenvalue weighted by Gasteiger charge is -2.46. The number of rotatable bonds is 10. The van der Waals surface area contributed by atoms with E-state index in [1.54, 1.807) is 13.0 Å². The molecule has 1 aromatic heterocycles. The standard InChI is InChI=1S/C27H41N5O4/c1-3-36-24(33)16-30-22(14-19-8-5-4-6-9-19)25(34)32(17-20-11-12-23(28)31-18(20)2)13-7-10-21-15-27(21,32)26(29)35/h11-12,19,21-22,30H,3-10,13-17H2,1-2H3,(H3-,28,29,31,35)/p+1/t21-,22-,27+,32?/m1/s1. The number of piperidine rings is 1. The lowest BCUT2D eigenvalue weighted by Crippen LogP contribution is -2.71. The largest absolute Gasteiger partial charge is 0.465 e. The number of ether oxygens (including phenoxy) is 1. The number of esters is 1. The van der Waals surface area contributed by atoms with Crippen molar-refractivity contribution in [2.75, 3.05) is 25.4 Å². The Balaban J connectivity index is 1.71. The summed E-state index contributed by atoms with van der Waals surface area (Å²) >= 11 is 0. The molecule has 0 spiro atoms. The van der Waals surface area contributed by atoms with Gasteiger partial charge in [0.05, 0.1) is 19.7 Å². The van der Waals surface area contributed by atoms with Crippen LogP contribution in [0, 0.1) is 18.8 Å². The van der Waals surface area contributed by atoms with Gasteiger partial charge >= 0.3 is 11.9 Å². The van der Waals surface area contributed by atoms with Gasteiger partial charge in [-0.25, -0.2) is 14.3 Å². The summed E-state index contributed by atoms with van der Waals surface area (Å²) in [6.07, 6.45) is 8.73. The second-order valence-electron chi connectivity index (χ2n) is 11.0. The topological polar surface area (TPSA) is 137 Å². The first kappa shape index (κ1) is 26.5. The van der Waals surface area contributed by atoms with Crippen molar-refractivity contribution in [1.82, 2.24) is 10.3 Å². The van der Waals surface area contributed by atoms with Crippen molar-refractivity contribution >= 4 is 23.6 Å². The third kappa shape index (κ3) is 5.00. The number of nitrogen functional groups attached to an aromatic ring is 1. The Hall–Kier alpha value is -2.52. The zero-order valence-corrected chi connectivity index (χ0v) is 21.8. The predicted molar refractivity (Wildman–Crippen MR) is 136 cm³/mol. The Morgan fingerprint density at radius 3 is 2.61 bits per heavy atom. The van der Waals surface area contributed by atoms with Gasteiger partial charge in [-0.1, -0.05) is 32.1 Å². The molecular weight excluding hydrogens is 458 g/mol. The van der Waals surface area contributed by atoms with Crippen molar-refractivity contribution in [1.29, 1.82) is 0 Å². The molecule has 9 nitrogen and oxygen atoms in total. The minimum absolute atomic E-state index is 0.00729. The minimum atomic E-state index is -0.903. The average Bonchev–Trinajstić information content (AvgIpc) is 3.61. The van der Waals surface area contributed by atoms with Crippen LogP contribution in [0.5, 0.6) is 0 Å². The highest BCUT2D eigenvalue weighted by Crippen LogP contribution is 2.59. The molecule has 5 N–H and O–H groups in total. The smallest absolute Gasteiger partial charge is 0.331 e. The Bertz CT molecular complexity index is 994. The maximum absolute atomic E-state index is 14.7. The van der Waals surface area contributed by atoms with E-state index in [2.05, 4.69) is 10.3 Å². The number of quaternary nitrogens is 1.